The number of benzene rings is 1. The van der Waals surface area contributed by atoms with Crippen molar-refractivity contribution in [3.8, 4) is 0 Å². The lowest BCUT2D eigenvalue weighted by atomic mass is 9.92. The van der Waals surface area contributed by atoms with E-state index < -0.39 is 11.6 Å². The van der Waals surface area contributed by atoms with Gasteiger partial charge in [-0.15, -0.1) is 0 Å². The van der Waals surface area contributed by atoms with E-state index in [0.29, 0.717) is 18.1 Å². The summed E-state index contributed by atoms with van der Waals surface area (Å²) in [5.41, 5.74) is -0.284. The molecular formula is C14H17ClO3. The molecule has 0 aliphatic rings. The fraction of sp³-hybridized carbons (Fsp3) is 0.357. The van der Waals surface area contributed by atoms with Crippen molar-refractivity contribution in [3.05, 3.63) is 47.0 Å². The van der Waals surface area contributed by atoms with Gasteiger partial charge in [0.25, 0.3) is 0 Å². The Kier molecular flexibility index (Phi) is 5.38. The van der Waals surface area contributed by atoms with Gasteiger partial charge in [0.15, 0.2) is 0 Å². The number of hydrogen-bond acceptors (Lipinski definition) is 3. The van der Waals surface area contributed by atoms with E-state index in [1.165, 1.54) is 6.08 Å². The van der Waals surface area contributed by atoms with Gasteiger partial charge in [0.05, 0.1) is 12.2 Å². The minimum Gasteiger partial charge on any atom is -0.463 e. The van der Waals surface area contributed by atoms with Crippen LogP contribution >= 0.6 is 11.6 Å². The third-order valence-electron chi connectivity index (χ3n) is 2.52. The monoisotopic (exact) mass is 268 g/mol. The van der Waals surface area contributed by atoms with Gasteiger partial charge in [-0.3, -0.25) is 0 Å². The highest BCUT2D eigenvalue weighted by Crippen LogP contribution is 2.26. The number of carbonyl (C=O) groups is 1. The second-order valence-corrected chi connectivity index (χ2v) is 4.58. The fourth-order valence-electron chi connectivity index (χ4n) is 1.50. The van der Waals surface area contributed by atoms with Crippen LogP contribution in [0.15, 0.2) is 36.4 Å². The molecule has 0 aliphatic heterocycles. The predicted molar refractivity (Wildman–Crippen MR) is 71.4 cm³/mol. The summed E-state index contributed by atoms with van der Waals surface area (Å²) in [4.78, 5) is 11.1. The van der Waals surface area contributed by atoms with Gasteiger partial charge in [0.2, 0.25) is 0 Å². The first-order valence-electron chi connectivity index (χ1n) is 5.77. The molecule has 18 heavy (non-hydrogen) atoms. The van der Waals surface area contributed by atoms with Crippen molar-refractivity contribution in [1.29, 1.82) is 0 Å². The van der Waals surface area contributed by atoms with Gasteiger partial charge in [-0.25, -0.2) is 4.79 Å². The van der Waals surface area contributed by atoms with Gasteiger partial charge in [0.1, 0.15) is 0 Å². The molecular weight excluding hydrogens is 252 g/mol. The van der Waals surface area contributed by atoms with Gasteiger partial charge in [-0.05, 0) is 38.0 Å². The smallest absolute Gasteiger partial charge is 0.330 e. The van der Waals surface area contributed by atoms with Crippen LogP contribution in [0.25, 0.3) is 0 Å². The molecule has 0 radical (unpaired) electrons. The van der Waals surface area contributed by atoms with Gasteiger partial charge >= 0.3 is 5.97 Å². The lowest BCUT2D eigenvalue weighted by Gasteiger charge is -2.22. The Balaban J connectivity index is 2.64. The minimum absolute atomic E-state index is 0.327. The maximum atomic E-state index is 11.1. The Labute approximate surface area is 112 Å². The molecule has 0 aromatic heterocycles. The van der Waals surface area contributed by atoms with Gasteiger partial charge < -0.3 is 9.84 Å². The molecule has 1 atom stereocenters. The molecule has 0 heterocycles. The van der Waals surface area contributed by atoms with E-state index in [9.17, 15) is 9.90 Å². The second-order valence-electron chi connectivity index (χ2n) is 4.14. The van der Waals surface area contributed by atoms with Crippen molar-refractivity contribution in [2.75, 3.05) is 6.61 Å². The maximum absolute atomic E-state index is 11.1. The molecule has 3 nitrogen and oxygen atoms in total. The van der Waals surface area contributed by atoms with Crippen LogP contribution in [0.4, 0.5) is 0 Å². The molecule has 1 rings (SSSR count). The first-order chi connectivity index (χ1) is 8.45. The van der Waals surface area contributed by atoms with Gasteiger partial charge in [-0.2, -0.15) is 0 Å². The van der Waals surface area contributed by atoms with E-state index in [2.05, 4.69) is 0 Å². The SMILES string of the molecule is CCOC(=O)/C=C\C[C@@](C)(O)c1ccc(Cl)cc1. The third kappa shape index (κ3) is 4.51. The molecule has 0 saturated carbocycles. The average molecular weight is 269 g/mol. The molecule has 1 aromatic rings. The van der Waals surface area contributed by atoms with E-state index in [4.69, 9.17) is 16.3 Å². The number of aliphatic hydroxyl groups is 1. The van der Waals surface area contributed by atoms with Gasteiger partial charge in [-0.1, -0.05) is 29.8 Å². The van der Waals surface area contributed by atoms with E-state index in [-0.39, 0.29) is 0 Å². The third-order valence-corrected chi connectivity index (χ3v) is 2.77. The summed E-state index contributed by atoms with van der Waals surface area (Å²) in [5.74, 6) is -0.399. The van der Waals surface area contributed by atoms with E-state index >= 15 is 0 Å². The summed E-state index contributed by atoms with van der Waals surface area (Å²) in [6.07, 6.45) is 3.26. The minimum atomic E-state index is -1.03. The zero-order valence-corrected chi connectivity index (χ0v) is 11.3. The fourth-order valence-corrected chi connectivity index (χ4v) is 1.63. The van der Waals surface area contributed by atoms with Crippen molar-refractivity contribution in [2.24, 2.45) is 0 Å². The first kappa shape index (κ1) is 14.7. The van der Waals surface area contributed by atoms with Crippen molar-refractivity contribution < 1.29 is 14.6 Å². The standard InChI is InChI=1S/C14H17ClO3/c1-3-18-13(16)5-4-10-14(2,17)11-6-8-12(15)9-7-11/h4-9,17H,3,10H2,1-2H3/b5-4-/t14-/m1/s1. The Bertz CT molecular complexity index is 421. The highest BCUT2D eigenvalue weighted by Gasteiger charge is 2.21. The van der Waals surface area contributed by atoms with Crippen LogP contribution in [0.2, 0.25) is 5.02 Å². The summed E-state index contributed by atoms with van der Waals surface area (Å²) in [7, 11) is 0. The number of ether oxygens (including phenoxy) is 1. The second kappa shape index (κ2) is 6.57. The molecule has 0 saturated heterocycles. The zero-order chi connectivity index (χ0) is 13.6. The van der Waals surface area contributed by atoms with Crippen molar-refractivity contribution >= 4 is 17.6 Å². The van der Waals surface area contributed by atoms with E-state index in [1.54, 1.807) is 44.2 Å². The normalized spacial score (nSPS) is 14.4. The van der Waals surface area contributed by atoms with E-state index in [0.717, 1.165) is 5.56 Å². The van der Waals surface area contributed by atoms with Crippen LogP contribution < -0.4 is 0 Å². The summed E-state index contributed by atoms with van der Waals surface area (Å²) >= 11 is 5.79. The highest BCUT2D eigenvalue weighted by molar-refractivity contribution is 6.30. The van der Waals surface area contributed by atoms with Crippen molar-refractivity contribution in [3.63, 3.8) is 0 Å². The Morgan fingerprint density at radius 1 is 1.44 bits per heavy atom. The highest BCUT2D eigenvalue weighted by atomic mass is 35.5. The zero-order valence-electron chi connectivity index (χ0n) is 10.5. The van der Waals surface area contributed by atoms with Crippen LogP contribution in [0.3, 0.4) is 0 Å². The molecule has 0 amide bonds. The molecule has 0 spiro atoms. The number of halogens is 1. The lowest BCUT2D eigenvalue weighted by Crippen LogP contribution is -2.20. The number of rotatable bonds is 5. The first-order valence-corrected chi connectivity index (χ1v) is 6.15. The van der Waals surface area contributed by atoms with Crippen LogP contribution in [-0.4, -0.2) is 17.7 Å². The summed E-state index contributed by atoms with van der Waals surface area (Å²) < 4.78 is 4.75. The molecule has 0 unspecified atom stereocenters. The molecule has 0 bridgehead atoms. The Hall–Kier alpha value is -1.32. The van der Waals surface area contributed by atoms with Crippen molar-refractivity contribution in [2.45, 2.75) is 25.9 Å². The molecule has 98 valence electrons. The van der Waals surface area contributed by atoms with Crippen LogP contribution in [-0.2, 0) is 15.1 Å². The summed E-state index contributed by atoms with van der Waals surface area (Å²) in [6.45, 7) is 3.78. The molecule has 0 aliphatic carbocycles. The number of carbonyl (C=O) groups excluding carboxylic acids is 1. The molecule has 4 heteroatoms. The summed E-state index contributed by atoms with van der Waals surface area (Å²) in [6, 6.07) is 6.97. The topological polar surface area (TPSA) is 46.5 Å². The van der Waals surface area contributed by atoms with Crippen molar-refractivity contribution in [1.82, 2.24) is 0 Å². The predicted octanol–water partition coefficient (Wildman–Crippen LogP) is 3.06. The number of esters is 1. The molecule has 0 fully saturated rings. The largest absolute Gasteiger partial charge is 0.463 e. The van der Waals surface area contributed by atoms with Crippen LogP contribution in [0, 0.1) is 0 Å². The average Bonchev–Trinajstić information content (AvgIpc) is 2.29. The molecule has 1 N–H and O–H groups in total. The molecule has 1 aromatic carbocycles. The maximum Gasteiger partial charge on any atom is 0.330 e. The van der Waals surface area contributed by atoms with Crippen LogP contribution in [0.5, 0.6) is 0 Å². The van der Waals surface area contributed by atoms with Gasteiger partial charge in [0, 0.05) is 11.1 Å². The quantitative estimate of drug-likeness (QED) is 0.659. The lowest BCUT2D eigenvalue weighted by molar-refractivity contribution is -0.137. The van der Waals surface area contributed by atoms with Crippen LogP contribution in [0.1, 0.15) is 25.8 Å². The Morgan fingerprint density at radius 3 is 2.61 bits per heavy atom. The number of hydrogen-bond donors (Lipinski definition) is 1. The Morgan fingerprint density at radius 2 is 2.06 bits per heavy atom. The van der Waals surface area contributed by atoms with E-state index in [1.807, 2.05) is 0 Å². The summed E-state index contributed by atoms with van der Waals surface area (Å²) in [5, 5.41) is 10.9.